The van der Waals surface area contributed by atoms with E-state index in [4.69, 9.17) is 0 Å². The molecule has 1 aromatic carbocycles. The maximum absolute atomic E-state index is 12.6. The zero-order valence-electron chi connectivity index (χ0n) is 14.0. The third kappa shape index (κ3) is 3.55. The van der Waals surface area contributed by atoms with Crippen molar-refractivity contribution in [3.8, 4) is 0 Å². The third-order valence-corrected chi connectivity index (χ3v) is 4.82. The number of amides is 2. The number of carbonyl (C=O) groups is 2. The van der Waals surface area contributed by atoms with Crippen molar-refractivity contribution in [2.45, 2.75) is 19.4 Å². The zero-order chi connectivity index (χ0) is 17.2. The van der Waals surface area contributed by atoms with Gasteiger partial charge >= 0.3 is 0 Å². The summed E-state index contributed by atoms with van der Waals surface area (Å²) in [5, 5.41) is 4.08. The van der Waals surface area contributed by atoms with Crippen LogP contribution in [0.2, 0.25) is 0 Å². The molecule has 2 heterocycles. The van der Waals surface area contributed by atoms with Gasteiger partial charge in [0.1, 0.15) is 12.7 Å². The Balaban J connectivity index is 1.34. The van der Waals surface area contributed by atoms with E-state index in [2.05, 4.69) is 10.1 Å². The van der Waals surface area contributed by atoms with Crippen LogP contribution in [0.15, 0.2) is 36.9 Å². The number of rotatable bonds is 4. The predicted molar refractivity (Wildman–Crippen MR) is 90.8 cm³/mol. The maximum Gasteiger partial charge on any atom is 0.253 e. The lowest BCUT2D eigenvalue weighted by atomic mass is 10.1. The summed E-state index contributed by atoms with van der Waals surface area (Å²) in [6, 6.07) is 7.61. The monoisotopic (exact) mass is 339 g/mol. The van der Waals surface area contributed by atoms with Crippen molar-refractivity contribution in [2.24, 2.45) is 5.92 Å². The van der Waals surface area contributed by atoms with E-state index in [-0.39, 0.29) is 17.7 Å². The summed E-state index contributed by atoms with van der Waals surface area (Å²) in [6.07, 6.45) is 5.23. The van der Waals surface area contributed by atoms with Crippen LogP contribution in [0.25, 0.3) is 0 Å². The Hall–Kier alpha value is -2.70. The van der Waals surface area contributed by atoms with E-state index in [1.54, 1.807) is 11.0 Å². The molecule has 0 atom stereocenters. The lowest BCUT2D eigenvalue weighted by molar-refractivity contribution is -0.134. The van der Waals surface area contributed by atoms with Crippen LogP contribution in [0.3, 0.4) is 0 Å². The quantitative estimate of drug-likeness (QED) is 0.834. The number of benzene rings is 1. The molecule has 1 aliphatic heterocycles. The summed E-state index contributed by atoms with van der Waals surface area (Å²) in [5.74, 6) is 0.551. The van der Waals surface area contributed by atoms with Crippen molar-refractivity contribution in [2.75, 3.05) is 26.2 Å². The van der Waals surface area contributed by atoms with Crippen molar-refractivity contribution in [1.29, 1.82) is 0 Å². The van der Waals surface area contributed by atoms with Crippen LogP contribution >= 0.6 is 0 Å². The van der Waals surface area contributed by atoms with Crippen LogP contribution < -0.4 is 0 Å². The molecule has 2 fully saturated rings. The number of hydrogen-bond acceptors (Lipinski definition) is 4. The Morgan fingerprint density at radius 3 is 2.28 bits per heavy atom. The molecule has 25 heavy (non-hydrogen) atoms. The Labute approximate surface area is 146 Å². The average molecular weight is 339 g/mol. The molecule has 0 unspecified atom stereocenters. The molecule has 2 amide bonds. The summed E-state index contributed by atoms with van der Waals surface area (Å²) in [4.78, 5) is 32.4. The Morgan fingerprint density at radius 2 is 1.68 bits per heavy atom. The smallest absolute Gasteiger partial charge is 0.253 e. The second-order valence-electron chi connectivity index (χ2n) is 6.68. The minimum atomic E-state index is 0.0332. The molecule has 2 aromatic rings. The van der Waals surface area contributed by atoms with Crippen LogP contribution in [-0.2, 0) is 11.3 Å². The molecule has 0 spiro atoms. The van der Waals surface area contributed by atoms with Gasteiger partial charge in [-0.15, -0.1) is 0 Å². The fraction of sp³-hybridized carbons (Fsp3) is 0.444. The molecule has 1 aromatic heterocycles. The normalized spacial score (nSPS) is 17.6. The van der Waals surface area contributed by atoms with E-state index in [1.165, 1.54) is 6.33 Å². The van der Waals surface area contributed by atoms with Gasteiger partial charge in [-0.3, -0.25) is 9.59 Å². The summed E-state index contributed by atoms with van der Waals surface area (Å²) in [5.41, 5.74) is 1.76. The highest BCUT2D eigenvalue weighted by molar-refractivity contribution is 5.94. The first-order chi connectivity index (χ1) is 12.2. The van der Waals surface area contributed by atoms with E-state index in [9.17, 15) is 9.59 Å². The predicted octanol–water partition coefficient (Wildman–Crippen LogP) is 1.02. The van der Waals surface area contributed by atoms with Crippen molar-refractivity contribution >= 4 is 11.8 Å². The van der Waals surface area contributed by atoms with Crippen molar-refractivity contribution in [3.05, 3.63) is 48.0 Å². The second kappa shape index (κ2) is 6.66. The van der Waals surface area contributed by atoms with E-state index >= 15 is 0 Å². The van der Waals surface area contributed by atoms with Crippen LogP contribution in [0, 0.1) is 5.92 Å². The van der Waals surface area contributed by atoms with Gasteiger partial charge in [0.2, 0.25) is 5.91 Å². The molecule has 1 saturated heterocycles. The first-order valence-corrected chi connectivity index (χ1v) is 8.70. The van der Waals surface area contributed by atoms with Gasteiger partial charge < -0.3 is 9.80 Å². The van der Waals surface area contributed by atoms with Gasteiger partial charge in [0.15, 0.2) is 0 Å². The minimum Gasteiger partial charge on any atom is -0.339 e. The van der Waals surface area contributed by atoms with E-state index < -0.39 is 0 Å². The number of aromatic nitrogens is 3. The van der Waals surface area contributed by atoms with Crippen LogP contribution in [0.4, 0.5) is 0 Å². The van der Waals surface area contributed by atoms with Crippen LogP contribution in [0.1, 0.15) is 28.8 Å². The molecule has 0 N–H and O–H groups in total. The largest absolute Gasteiger partial charge is 0.339 e. The molecule has 1 aliphatic carbocycles. The molecule has 130 valence electrons. The summed E-state index contributed by atoms with van der Waals surface area (Å²) in [7, 11) is 0. The number of piperazine rings is 1. The highest BCUT2D eigenvalue weighted by Gasteiger charge is 2.35. The van der Waals surface area contributed by atoms with Gasteiger partial charge in [-0.25, -0.2) is 9.67 Å². The van der Waals surface area contributed by atoms with Gasteiger partial charge in [-0.05, 0) is 30.5 Å². The summed E-state index contributed by atoms with van der Waals surface area (Å²) >= 11 is 0. The fourth-order valence-corrected chi connectivity index (χ4v) is 3.16. The van der Waals surface area contributed by atoms with Gasteiger partial charge in [0.05, 0.1) is 6.54 Å². The topological polar surface area (TPSA) is 71.3 Å². The molecule has 1 saturated carbocycles. The lowest BCUT2D eigenvalue weighted by Gasteiger charge is -2.35. The van der Waals surface area contributed by atoms with E-state index in [0.717, 1.165) is 18.4 Å². The fourth-order valence-electron chi connectivity index (χ4n) is 3.16. The minimum absolute atomic E-state index is 0.0332. The van der Waals surface area contributed by atoms with E-state index in [1.807, 2.05) is 34.1 Å². The zero-order valence-corrected chi connectivity index (χ0v) is 14.0. The summed E-state index contributed by atoms with van der Waals surface area (Å²) in [6.45, 7) is 3.14. The maximum atomic E-state index is 12.6. The number of hydrogen-bond donors (Lipinski definition) is 0. The standard InChI is InChI=1S/C18H21N5O2/c24-17(21-7-9-22(10-8-21)18(25)16-5-6-16)15-3-1-14(2-4-15)11-23-13-19-12-20-23/h1-4,12-13,16H,5-11H2. The van der Waals surface area contributed by atoms with Gasteiger partial charge in [-0.1, -0.05) is 12.1 Å². The SMILES string of the molecule is O=C(c1ccc(Cn2cncn2)cc1)N1CCN(C(=O)C2CC2)CC1. The first kappa shape index (κ1) is 15.8. The van der Waals surface area contributed by atoms with Gasteiger partial charge in [-0.2, -0.15) is 5.10 Å². The average Bonchev–Trinajstić information content (AvgIpc) is 3.39. The van der Waals surface area contributed by atoms with Crippen molar-refractivity contribution < 1.29 is 9.59 Å². The molecule has 7 heteroatoms. The number of carbonyl (C=O) groups excluding carboxylic acids is 2. The second-order valence-corrected chi connectivity index (χ2v) is 6.68. The molecule has 2 aliphatic rings. The Kier molecular flexibility index (Phi) is 4.21. The lowest BCUT2D eigenvalue weighted by Crippen LogP contribution is -2.51. The molecular formula is C18H21N5O2. The molecule has 7 nitrogen and oxygen atoms in total. The van der Waals surface area contributed by atoms with Crippen LogP contribution in [0.5, 0.6) is 0 Å². The van der Waals surface area contributed by atoms with Gasteiger partial charge in [0, 0.05) is 37.7 Å². The van der Waals surface area contributed by atoms with Crippen LogP contribution in [-0.4, -0.2) is 62.6 Å². The number of nitrogens with zero attached hydrogens (tertiary/aromatic N) is 5. The highest BCUT2D eigenvalue weighted by atomic mass is 16.2. The first-order valence-electron chi connectivity index (χ1n) is 8.70. The van der Waals surface area contributed by atoms with Crippen molar-refractivity contribution in [1.82, 2.24) is 24.6 Å². The Morgan fingerprint density at radius 1 is 1.00 bits per heavy atom. The van der Waals surface area contributed by atoms with Gasteiger partial charge in [0.25, 0.3) is 5.91 Å². The third-order valence-electron chi connectivity index (χ3n) is 4.82. The molecule has 4 rings (SSSR count). The summed E-state index contributed by atoms with van der Waals surface area (Å²) < 4.78 is 1.74. The molecular weight excluding hydrogens is 318 g/mol. The Bertz CT molecular complexity index is 744. The molecule has 0 radical (unpaired) electrons. The molecule has 0 bridgehead atoms. The highest BCUT2D eigenvalue weighted by Crippen LogP contribution is 2.31. The van der Waals surface area contributed by atoms with Crippen molar-refractivity contribution in [3.63, 3.8) is 0 Å². The van der Waals surface area contributed by atoms with E-state index in [0.29, 0.717) is 38.3 Å².